The van der Waals surface area contributed by atoms with Crippen molar-refractivity contribution in [2.75, 3.05) is 40.3 Å². The van der Waals surface area contributed by atoms with Gasteiger partial charge >= 0.3 is 0 Å². The zero-order valence-electron chi connectivity index (χ0n) is 12.5. The second kappa shape index (κ2) is 4.79. The van der Waals surface area contributed by atoms with Crippen molar-refractivity contribution in [2.45, 2.75) is 63.5 Å². The molecule has 2 saturated heterocycles. The maximum atomic E-state index is 2.55. The van der Waals surface area contributed by atoms with Gasteiger partial charge < -0.3 is 8.97 Å². The van der Waals surface area contributed by atoms with Crippen molar-refractivity contribution < 1.29 is 8.97 Å². The Kier molecular flexibility index (Phi) is 3.44. The predicted octanol–water partition coefficient (Wildman–Crippen LogP) is 2.78. The van der Waals surface area contributed by atoms with Gasteiger partial charge in [0.05, 0.1) is 52.4 Å². The number of quaternary nitrogens is 2. The smallest absolute Gasteiger partial charge is 0.0996 e. The molecule has 3 rings (SSSR count). The maximum Gasteiger partial charge on any atom is 0.0996 e. The van der Waals surface area contributed by atoms with E-state index in [2.05, 4.69) is 14.1 Å². The molecule has 3 aliphatic rings. The van der Waals surface area contributed by atoms with E-state index in [1.807, 2.05) is 0 Å². The number of likely N-dealkylation sites (tertiary alicyclic amines) is 2. The third-order valence-electron chi connectivity index (χ3n) is 6.62. The molecule has 0 spiro atoms. The number of nitrogens with zero attached hydrogens (tertiary/aromatic N) is 2. The van der Waals surface area contributed by atoms with Gasteiger partial charge in [-0.05, 0) is 25.7 Å². The molecule has 3 fully saturated rings. The van der Waals surface area contributed by atoms with E-state index in [1.165, 1.54) is 86.5 Å². The Morgan fingerprint density at radius 1 is 0.556 bits per heavy atom. The van der Waals surface area contributed by atoms with E-state index < -0.39 is 0 Å². The number of rotatable bonds is 2. The Hall–Kier alpha value is -0.0800. The Morgan fingerprint density at radius 2 is 1.00 bits per heavy atom. The Balaban J connectivity index is 1.60. The van der Waals surface area contributed by atoms with Gasteiger partial charge in [0.2, 0.25) is 0 Å². The summed E-state index contributed by atoms with van der Waals surface area (Å²) in [6.07, 6.45) is 11.9. The van der Waals surface area contributed by atoms with Gasteiger partial charge in [-0.1, -0.05) is 0 Å². The lowest BCUT2D eigenvalue weighted by atomic mass is 9.97. The van der Waals surface area contributed by atoms with Crippen molar-refractivity contribution in [2.24, 2.45) is 0 Å². The topological polar surface area (TPSA) is 0 Å². The molecular formula is C16H32N2+2. The fraction of sp³-hybridized carbons (Fsp3) is 1.00. The first-order chi connectivity index (χ1) is 8.62. The van der Waals surface area contributed by atoms with Gasteiger partial charge in [0.15, 0.2) is 0 Å². The van der Waals surface area contributed by atoms with Crippen LogP contribution in [0.3, 0.4) is 0 Å². The minimum atomic E-state index is 0.986. The van der Waals surface area contributed by atoms with Crippen molar-refractivity contribution in [1.29, 1.82) is 0 Å². The van der Waals surface area contributed by atoms with Crippen LogP contribution in [0, 0.1) is 0 Å². The van der Waals surface area contributed by atoms with E-state index in [-0.39, 0.29) is 0 Å². The molecule has 0 aromatic rings. The van der Waals surface area contributed by atoms with Crippen LogP contribution in [0.25, 0.3) is 0 Å². The zero-order valence-corrected chi connectivity index (χ0v) is 12.5. The van der Waals surface area contributed by atoms with Gasteiger partial charge in [-0.15, -0.1) is 0 Å². The Bertz CT molecular complexity index is 279. The van der Waals surface area contributed by atoms with Crippen LogP contribution in [0.1, 0.15) is 51.4 Å². The molecular weight excluding hydrogens is 220 g/mol. The number of hydrogen-bond acceptors (Lipinski definition) is 0. The fourth-order valence-corrected chi connectivity index (χ4v) is 5.08. The van der Waals surface area contributed by atoms with Crippen LogP contribution in [-0.4, -0.2) is 61.3 Å². The molecule has 0 radical (unpaired) electrons. The van der Waals surface area contributed by atoms with E-state index >= 15 is 0 Å². The lowest BCUT2D eigenvalue weighted by Crippen LogP contribution is -2.61. The van der Waals surface area contributed by atoms with Crippen LogP contribution in [0.5, 0.6) is 0 Å². The highest BCUT2D eigenvalue weighted by molar-refractivity contribution is 4.74. The van der Waals surface area contributed by atoms with Crippen molar-refractivity contribution in [3.05, 3.63) is 0 Å². The highest BCUT2D eigenvalue weighted by Crippen LogP contribution is 2.35. The summed E-state index contributed by atoms with van der Waals surface area (Å²) in [7, 11) is 5.08. The first-order valence-corrected chi connectivity index (χ1v) is 8.31. The summed E-state index contributed by atoms with van der Waals surface area (Å²) in [6, 6.07) is 2.00. The van der Waals surface area contributed by atoms with Gasteiger partial charge in [0.1, 0.15) is 0 Å². The third-order valence-corrected chi connectivity index (χ3v) is 6.62. The molecule has 0 bridgehead atoms. The zero-order chi connectivity index (χ0) is 12.6. The van der Waals surface area contributed by atoms with E-state index in [1.54, 1.807) is 0 Å². The summed E-state index contributed by atoms with van der Waals surface area (Å²) in [5, 5.41) is 0. The van der Waals surface area contributed by atoms with Gasteiger partial charge in [0.25, 0.3) is 0 Å². The number of hydrogen-bond donors (Lipinski definition) is 0. The van der Waals surface area contributed by atoms with Gasteiger partial charge in [-0.2, -0.15) is 0 Å². The molecule has 104 valence electrons. The van der Waals surface area contributed by atoms with Crippen molar-refractivity contribution in [1.82, 2.24) is 0 Å². The molecule has 0 amide bonds. The fourth-order valence-electron chi connectivity index (χ4n) is 5.08. The van der Waals surface area contributed by atoms with Gasteiger partial charge in [0, 0.05) is 25.7 Å². The predicted molar refractivity (Wildman–Crippen MR) is 76.3 cm³/mol. The van der Waals surface area contributed by atoms with Crippen LogP contribution < -0.4 is 0 Å². The number of piperidine rings is 1. The van der Waals surface area contributed by atoms with Crippen LogP contribution in [0.2, 0.25) is 0 Å². The third kappa shape index (κ3) is 2.22. The molecule has 0 atom stereocenters. The molecule has 2 aliphatic heterocycles. The molecule has 2 heterocycles. The van der Waals surface area contributed by atoms with Crippen LogP contribution in [0.15, 0.2) is 0 Å². The summed E-state index contributed by atoms with van der Waals surface area (Å²) < 4.78 is 2.82. The van der Waals surface area contributed by atoms with E-state index in [0.717, 1.165) is 12.1 Å². The monoisotopic (exact) mass is 252 g/mol. The van der Waals surface area contributed by atoms with Gasteiger partial charge in [-0.25, -0.2) is 0 Å². The summed E-state index contributed by atoms with van der Waals surface area (Å²) >= 11 is 0. The first-order valence-electron chi connectivity index (χ1n) is 8.31. The minimum Gasteiger partial charge on any atom is -0.323 e. The molecule has 1 saturated carbocycles. The standard InChI is InChI=1S/C16H32N2/c1-17(11-5-6-12-17)16-9-13-18(2,14-10-16)15-7-3-4-8-15/h15-16H,3-14H2,1-2H3/q+2. The first kappa shape index (κ1) is 12.9. The molecule has 18 heavy (non-hydrogen) atoms. The van der Waals surface area contributed by atoms with Crippen LogP contribution in [0.4, 0.5) is 0 Å². The lowest BCUT2D eigenvalue weighted by molar-refractivity contribution is -0.969. The second-order valence-corrected chi connectivity index (χ2v) is 7.73. The minimum absolute atomic E-state index is 0.986. The molecule has 1 aliphatic carbocycles. The van der Waals surface area contributed by atoms with E-state index in [0.29, 0.717) is 0 Å². The average Bonchev–Trinajstić information content (AvgIpc) is 3.01. The van der Waals surface area contributed by atoms with Crippen LogP contribution in [-0.2, 0) is 0 Å². The largest absolute Gasteiger partial charge is 0.323 e. The molecule has 0 aromatic heterocycles. The molecule has 0 unspecified atom stereocenters. The van der Waals surface area contributed by atoms with Crippen molar-refractivity contribution >= 4 is 0 Å². The molecule has 2 nitrogen and oxygen atoms in total. The maximum absolute atomic E-state index is 2.55. The normalized spacial score (nSPS) is 41.3. The Morgan fingerprint density at radius 3 is 1.56 bits per heavy atom. The van der Waals surface area contributed by atoms with E-state index in [4.69, 9.17) is 0 Å². The van der Waals surface area contributed by atoms with Crippen molar-refractivity contribution in [3.63, 3.8) is 0 Å². The van der Waals surface area contributed by atoms with E-state index in [9.17, 15) is 0 Å². The molecule has 2 heteroatoms. The SMILES string of the molecule is C[N+]1(C2CC[N+](C)(C3CCCC3)CC2)CCCC1. The van der Waals surface area contributed by atoms with Gasteiger partial charge in [-0.3, -0.25) is 0 Å². The summed E-state index contributed by atoms with van der Waals surface area (Å²) in [6.45, 7) is 5.84. The summed E-state index contributed by atoms with van der Waals surface area (Å²) in [4.78, 5) is 0. The van der Waals surface area contributed by atoms with Crippen molar-refractivity contribution in [3.8, 4) is 0 Å². The quantitative estimate of drug-likeness (QED) is 0.663. The summed E-state index contributed by atoms with van der Waals surface area (Å²) in [5.41, 5.74) is 0. The summed E-state index contributed by atoms with van der Waals surface area (Å²) in [5.74, 6) is 0. The highest BCUT2D eigenvalue weighted by atomic mass is 15.4. The lowest BCUT2D eigenvalue weighted by Gasteiger charge is -2.48. The van der Waals surface area contributed by atoms with Crippen LogP contribution >= 0.6 is 0 Å². The molecule has 0 aromatic carbocycles. The molecule has 0 N–H and O–H groups in total. The average molecular weight is 252 g/mol. The Labute approximate surface area is 113 Å². The second-order valence-electron chi connectivity index (χ2n) is 7.73. The highest BCUT2D eigenvalue weighted by Gasteiger charge is 2.44.